The Balaban J connectivity index is 2.16. The van der Waals surface area contributed by atoms with E-state index in [9.17, 15) is 4.79 Å². The fourth-order valence-electron chi connectivity index (χ4n) is 2.82. The van der Waals surface area contributed by atoms with Crippen LogP contribution in [0.15, 0.2) is 18.2 Å². The van der Waals surface area contributed by atoms with Crippen molar-refractivity contribution < 1.29 is 9.53 Å². The highest BCUT2D eigenvalue weighted by atomic mass is 16.5. The van der Waals surface area contributed by atoms with E-state index in [-0.39, 0.29) is 5.91 Å². The monoisotopic (exact) mass is 276 g/mol. The number of benzene rings is 1. The number of rotatable bonds is 4. The quantitative estimate of drug-likeness (QED) is 0.916. The Morgan fingerprint density at radius 3 is 2.85 bits per heavy atom. The number of methoxy groups -OCH3 is 1. The number of fused-ring (bicyclic) bond motifs is 1. The van der Waals surface area contributed by atoms with Crippen LogP contribution in [0.5, 0.6) is 5.75 Å². The molecule has 4 heteroatoms. The van der Waals surface area contributed by atoms with Crippen LogP contribution >= 0.6 is 0 Å². The van der Waals surface area contributed by atoms with Gasteiger partial charge in [-0.1, -0.05) is 19.4 Å². The summed E-state index contributed by atoms with van der Waals surface area (Å²) in [6.07, 6.45) is 2.51. The molecule has 0 aliphatic carbocycles. The Morgan fingerprint density at radius 1 is 1.45 bits per heavy atom. The molecular formula is C16H24N2O2. The van der Waals surface area contributed by atoms with Gasteiger partial charge in [0.2, 0.25) is 5.91 Å². The zero-order chi connectivity index (χ0) is 14.8. The lowest BCUT2D eigenvalue weighted by atomic mass is 9.93. The van der Waals surface area contributed by atoms with Gasteiger partial charge in [-0.15, -0.1) is 0 Å². The highest BCUT2D eigenvalue weighted by Crippen LogP contribution is 2.25. The summed E-state index contributed by atoms with van der Waals surface area (Å²) in [5.41, 5.74) is 7.86. The first-order valence-electron chi connectivity index (χ1n) is 7.22. The van der Waals surface area contributed by atoms with Gasteiger partial charge in [0.05, 0.1) is 12.6 Å². The molecule has 1 atom stereocenters. The molecule has 0 bridgehead atoms. The summed E-state index contributed by atoms with van der Waals surface area (Å²) in [6, 6.07) is 6.08. The maximum Gasteiger partial charge on any atom is 0.242 e. The van der Waals surface area contributed by atoms with Crippen molar-refractivity contribution in [3.05, 3.63) is 29.3 Å². The molecule has 2 N–H and O–H groups in total. The Labute approximate surface area is 120 Å². The average molecular weight is 276 g/mol. The molecule has 1 aromatic rings. The lowest BCUT2D eigenvalue weighted by Crippen LogP contribution is -2.54. The van der Waals surface area contributed by atoms with Crippen molar-refractivity contribution in [1.29, 1.82) is 0 Å². The van der Waals surface area contributed by atoms with Crippen molar-refractivity contribution in [2.24, 2.45) is 5.73 Å². The van der Waals surface area contributed by atoms with E-state index in [1.165, 1.54) is 5.56 Å². The van der Waals surface area contributed by atoms with Gasteiger partial charge in [0.25, 0.3) is 0 Å². The van der Waals surface area contributed by atoms with Gasteiger partial charge in [-0.3, -0.25) is 4.79 Å². The predicted octanol–water partition coefficient (Wildman–Crippen LogP) is 2.10. The van der Waals surface area contributed by atoms with Crippen molar-refractivity contribution in [2.75, 3.05) is 13.7 Å². The second-order valence-electron chi connectivity index (χ2n) is 5.78. The molecule has 1 aliphatic heterocycles. The zero-order valence-electron chi connectivity index (χ0n) is 12.6. The Kier molecular flexibility index (Phi) is 4.33. The van der Waals surface area contributed by atoms with E-state index in [4.69, 9.17) is 10.5 Å². The third kappa shape index (κ3) is 2.96. The standard InChI is InChI=1S/C16H24N2O2/c1-4-8-16(2,17)15(19)18-9-7-12-5-6-14(20-3)10-13(12)11-18/h5-6,10H,4,7-9,11,17H2,1-3H3. The van der Waals surface area contributed by atoms with Crippen LogP contribution in [0.2, 0.25) is 0 Å². The first kappa shape index (κ1) is 14.9. The van der Waals surface area contributed by atoms with E-state index >= 15 is 0 Å². The highest BCUT2D eigenvalue weighted by Gasteiger charge is 2.33. The summed E-state index contributed by atoms with van der Waals surface area (Å²) in [4.78, 5) is 14.4. The summed E-state index contributed by atoms with van der Waals surface area (Å²) in [6.45, 7) is 5.26. The van der Waals surface area contributed by atoms with Crippen molar-refractivity contribution >= 4 is 5.91 Å². The molecule has 0 fully saturated rings. The molecule has 2 rings (SSSR count). The van der Waals surface area contributed by atoms with Crippen LogP contribution in [0.1, 0.15) is 37.8 Å². The summed E-state index contributed by atoms with van der Waals surface area (Å²) >= 11 is 0. The van der Waals surface area contributed by atoms with Crippen LogP contribution in [0.3, 0.4) is 0 Å². The topological polar surface area (TPSA) is 55.6 Å². The van der Waals surface area contributed by atoms with E-state index < -0.39 is 5.54 Å². The number of nitrogens with zero attached hydrogens (tertiary/aromatic N) is 1. The van der Waals surface area contributed by atoms with Crippen LogP contribution in [-0.2, 0) is 17.8 Å². The van der Waals surface area contributed by atoms with Crippen molar-refractivity contribution in [1.82, 2.24) is 4.90 Å². The van der Waals surface area contributed by atoms with Crippen molar-refractivity contribution in [3.8, 4) is 5.75 Å². The van der Waals surface area contributed by atoms with E-state index in [1.54, 1.807) is 7.11 Å². The Hall–Kier alpha value is -1.55. The molecule has 1 unspecified atom stereocenters. The van der Waals surface area contributed by atoms with Gasteiger partial charge in [0.15, 0.2) is 0 Å². The van der Waals surface area contributed by atoms with Crippen LogP contribution in [-0.4, -0.2) is 30.0 Å². The number of amides is 1. The van der Waals surface area contributed by atoms with E-state index in [1.807, 2.05) is 24.0 Å². The minimum absolute atomic E-state index is 0.0489. The molecule has 1 aromatic carbocycles. The van der Waals surface area contributed by atoms with Crippen LogP contribution < -0.4 is 10.5 Å². The SMILES string of the molecule is CCCC(C)(N)C(=O)N1CCc2ccc(OC)cc2C1. The molecule has 0 aromatic heterocycles. The summed E-state index contributed by atoms with van der Waals surface area (Å²) in [5, 5.41) is 0. The summed E-state index contributed by atoms with van der Waals surface area (Å²) in [7, 11) is 1.66. The highest BCUT2D eigenvalue weighted by molar-refractivity contribution is 5.85. The third-order valence-corrected chi connectivity index (χ3v) is 3.97. The Morgan fingerprint density at radius 2 is 2.20 bits per heavy atom. The van der Waals surface area contributed by atoms with Gasteiger partial charge in [0.1, 0.15) is 5.75 Å². The predicted molar refractivity (Wildman–Crippen MR) is 79.6 cm³/mol. The van der Waals surface area contributed by atoms with Gasteiger partial charge >= 0.3 is 0 Å². The molecule has 0 saturated carbocycles. The number of nitrogens with two attached hydrogens (primary N) is 1. The molecule has 4 nitrogen and oxygen atoms in total. The van der Waals surface area contributed by atoms with Crippen LogP contribution in [0.25, 0.3) is 0 Å². The van der Waals surface area contributed by atoms with Crippen molar-refractivity contribution in [2.45, 2.75) is 45.2 Å². The largest absolute Gasteiger partial charge is 0.497 e. The van der Waals surface area contributed by atoms with Crippen LogP contribution in [0, 0.1) is 0 Å². The molecule has 0 saturated heterocycles. The number of hydrogen-bond donors (Lipinski definition) is 1. The van der Waals surface area contributed by atoms with Crippen LogP contribution in [0.4, 0.5) is 0 Å². The Bertz CT molecular complexity index is 497. The lowest BCUT2D eigenvalue weighted by Gasteiger charge is -2.35. The van der Waals surface area contributed by atoms with E-state index in [0.29, 0.717) is 13.0 Å². The van der Waals surface area contributed by atoms with Crippen molar-refractivity contribution in [3.63, 3.8) is 0 Å². The fraction of sp³-hybridized carbons (Fsp3) is 0.562. The molecule has 0 spiro atoms. The molecule has 1 amide bonds. The molecule has 110 valence electrons. The minimum atomic E-state index is -0.759. The van der Waals surface area contributed by atoms with Gasteiger partial charge in [-0.2, -0.15) is 0 Å². The molecular weight excluding hydrogens is 252 g/mol. The summed E-state index contributed by atoms with van der Waals surface area (Å²) in [5.74, 6) is 0.884. The number of carbonyl (C=O) groups excluding carboxylic acids is 1. The van der Waals surface area contributed by atoms with Gasteiger partial charge in [-0.05, 0) is 43.0 Å². The normalized spacial score (nSPS) is 17.3. The zero-order valence-corrected chi connectivity index (χ0v) is 12.6. The number of hydrogen-bond acceptors (Lipinski definition) is 3. The van der Waals surface area contributed by atoms with Gasteiger partial charge < -0.3 is 15.4 Å². The number of ether oxygens (including phenoxy) is 1. The second-order valence-corrected chi connectivity index (χ2v) is 5.78. The molecule has 1 aliphatic rings. The maximum absolute atomic E-state index is 12.5. The minimum Gasteiger partial charge on any atom is -0.497 e. The average Bonchev–Trinajstić information content (AvgIpc) is 2.45. The second kappa shape index (κ2) is 5.83. The fourth-order valence-corrected chi connectivity index (χ4v) is 2.82. The first-order valence-corrected chi connectivity index (χ1v) is 7.22. The van der Waals surface area contributed by atoms with E-state index in [2.05, 4.69) is 13.0 Å². The smallest absolute Gasteiger partial charge is 0.242 e. The molecule has 1 heterocycles. The lowest BCUT2D eigenvalue weighted by molar-refractivity contribution is -0.137. The van der Waals surface area contributed by atoms with Gasteiger partial charge in [0, 0.05) is 13.1 Å². The third-order valence-electron chi connectivity index (χ3n) is 3.97. The first-order chi connectivity index (χ1) is 9.47. The molecule has 20 heavy (non-hydrogen) atoms. The number of carbonyl (C=O) groups is 1. The maximum atomic E-state index is 12.5. The molecule has 0 radical (unpaired) electrons. The van der Waals surface area contributed by atoms with Gasteiger partial charge in [-0.25, -0.2) is 0 Å². The van der Waals surface area contributed by atoms with E-state index in [0.717, 1.165) is 30.7 Å². The summed E-state index contributed by atoms with van der Waals surface area (Å²) < 4.78 is 5.25.